The first-order valence-corrected chi connectivity index (χ1v) is 3.26. The van der Waals surface area contributed by atoms with Gasteiger partial charge in [-0.2, -0.15) is 0 Å². The first kappa shape index (κ1) is 6.05. The Kier molecular flexibility index (Phi) is 1.86. The maximum atomic E-state index is 7.31. The number of hydrogen-bond donors (Lipinski definition) is 1. The molecule has 0 spiro atoms. The van der Waals surface area contributed by atoms with Crippen LogP contribution in [0.4, 0.5) is 0 Å². The summed E-state index contributed by atoms with van der Waals surface area (Å²) in [6.07, 6.45) is 4.16. The Morgan fingerprint density at radius 2 is 1.62 bits per heavy atom. The highest BCUT2D eigenvalue weighted by molar-refractivity contribution is 4.74. The van der Waals surface area contributed by atoms with Gasteiger partial charge in [0.1, 0.15) is 0 Å². The molecule has 0 aromatic carbocycles. The van der Waals surface area contributed by atoms with Gasteiger partial charge < -0.3 is 5.73 Å². The molecule has 0 aromatic heterocycles. The largest absolute Gasteiger partial charge is 0.328 e. The molecule has 1 saturated carbocycles. The lowest BCUT2D eigenvalue weighted by Crippen LogP contribution is -2.29. The van der Waals surface area contributed by atoms with Crippen molar-refractivity contribution < 1.29 is 0 Å². The van der Waals surface area contributed by atoms with Crippen LogP contribution in [0.1, 0.15) is 25.7 Å². The molecule has 0 saturated heterocycles. The Hall–Kier alpha value is -0.0800. The third kappa shape index (κ3) is 1.46. The third-order valence-corrected chi connectivity index (χ3v) is 1.77. The van der Waals surface area contributed by atoms with Gasteiger partial charge in [-0.05, 0) is 25.7 Å². The van der Waals surface area contributed by atoms with Crippen molar-refractivity contribution in [2.45, 2.75) is 37.8 Å². The van der Waals surface area contributed by atoms with E-state index in [1.54, 1.807) is 0 Å². The molecule has 1 fully saturated rings. The normalized spacial score (nSPS) is 39.8. The van der Waals surface area contributed by atoms with E-state index in [0.29, 0.717) is 6.04 Å². The fourth-order valence-electron chi connectivity index (χ4n) is 1.12. The molecule has 1 radical (unpaired) electrons. The van der Waals surface area contributed by atoms with Crippen molar-refractivity contribution in [1.82, 2.24) is 5.73 Å². The summed E-state index contributed by atoms with van der Waals surface area (Å²) in [4.78, 5) is 0. The maximum absolute atomic E-state index is 7.31. The first-order chi connectivity index (χ1) is 3.79. The van der Waals surface area contributed by atoms with Crippen molar-refractivity contribution in [1.29, 1.82) is 0 Å². The number of nitrogens with two attached hydrogens (primary N) is 1. The molecule has 2 heteroatoms. The highest BCUT2D eigenvalue weighted by atomic mass is 14.7. The van der Waals surface area contributed by atoms with Gasteiger partial charge in [-0.25, -0.2) is 0 Å². The lowest BCUT2D eigenvalue weighted by Gasteiger charge is -2.21. The number of hydrogen-bond acceptors (Lipinski definition) is 1. The molecule has 0 atom stereocenters. The van der Waals surface area contributed by atoms with E-state index in [-0.39, 0.29) is 6.04 Å². The minimum atomic E-state index is 0.190. The van der Waals surface area contributed by atoms with Crippen LogP contribution >= 0.6 is 0 Å². The van der Waals surface area contributed by atoms with Crippen LogP contribution in [0.2, 0.25) is 0 Å². The van der Waals surface area contributed by atoms with Crippen molar-refractivity contribution in [3.05, 3.63) is 0 Å². The SMILES string of the molecule is [NH][C@H]1CC[C@H](N)CC1. The van der Waals surface area contributed by atoms with Crippen molar-refractivity contribution in [3.63, 3.8) is 0 Å². The molecule has 0 heterocycles. The zero-order valence-electron chi connectivity index (χ0n) is 5.06. The zero-order valence-corrected chi connectivity index (χ0v) is 5.06. The summed E-state index contributed by atoms with van der Waals surface area (Å²) in [5, 5.41) is 0. The quantitative estimate of drug-likeness (QED) is 0.489. The van der Waals surface area contributed by atoms with E-state index in [2.05, 4.69) is 0 Å². The molecular weight excluding hydrogens is 100 g/mol. The summed E-state index contributed by atoms with van der Waals surface area (Å²) in [6.45, 7) is 0. The fourth-order valence-corrected chi connectivity index (χ4v) is 1.12. The van der Waals surface area contributed by atoms with Crippen LogP contribution in [0.15, 0.2) is 0 Å². The molecule has 1 aliphatic rings. The van der Waals surface area contributed by atoms with Gasteiger partial charge in [0.25, 0.3) is 0 Å². The van der Waals surface area contributed by atoms with E-state index < -0.39 is 0 Å². The molecule has 8 heavy (non-hydrogen) atoms. The zero-order chi connectivity index (χ0) is 5.98. The smallest absolute Gasteiger partial charge is 0.0214 e. The molecule has 0 amide bonds. The molecular formula is C6H13N2. The molecule has 3 N–H and O–H groups in total. The van der Waals surface area contributed by atoms with Gasteiger partial charge in [-0.3, -0.25) is 5.73 Å². The lowest BCUT2D eigenvalue weighted by atomic mass is 9.93. The van der Waals surface area contributed by atoms with Crippen LogP contribution in [0.25, 0.3) is 0 Å². The van der Waals surface area contributed by atoms with Gasteiger partial charge in [-0.1, -0.05) is 0 Å². The molecule has 1 rings (SSSR count). The standard InChI is InChI=1S/C6H13N2/c7-5-1-2-6(8)4-3-5/h5-7H,1-4,8H2/t5-,6-. The van der Waals surface area contributed by atoms with Crippen molar-refractivity contribution in [2.24, 2.45) is 5.73 Å². The average molecular weight is 113 g/mol. The minimum Gasteiger partial charge on any atom is -0.328 e. The number of nitrogens with one attached hydrogen (secondary N) is 1. The summed E-state index contributed by atoms with van der Waals surface area (Å²) in [5.41, 5.74) is 12.9. The topological polar surface area (TPSA) is 49.8 Å². The molecule has 47 valence electrons. The van der Waals surface area contributed by atoms with Crippen LogP contribution in [0.5, 0.6) is 0 Å². The van der Waals surface area contributed by atoms with Gasteiger partial charge in [0.2, 0.25) is 0 Å². The highest BCUT2D eigenvalue weighted by Crippen LogP contribution is 2.15. The average Bonchev–Trinajstić information content (AvgIpc) is 1.77. The predicted octanol–water partition coefficient (Wildman–Crippen LogP) is 0.539. The second-order valence-electron chi connectivity index (χ2n) is 2.61. The van der Waals surface area contributed by atoms with Crippen molar-refractivity contribution in [3.8, 4) is 0 Å². The minimum absolute atomic E-state index is 0.190. The van der Waals surface area contributed by atoms with Gasteiger partial charge >= 0.3 is 0 Å². The van der Waals surface area contributed by atoms with Gasteiger partial charge in [0.05, 0.1) is 0 Å². The summed E-state index contributed by atoms with van der Waals surface area (Å²) in [5.74, 6) is 0. The van der Waals surface area contributed by atoms with Gasteiger partial charge in [0.15, 0.2) is 0 Å². The molecule has 0 bridgehead atoms. The molecule has 2 nitrogen and oxygen atoms in total. The van der Waals surface area contributed by atoms with E-state index in [1.807, 2.05) is 0 Å². The second-order valence-corrected chi connectivity index (χ2v) is 2.61. The first-order valence-electron chi connectivity index (χ1n) is 3.26. The third-order valence-electron chi connectivity index (χ3n) is 1.77. The van der Waals surface area contributed by atoms with Gasteiger partial charge in [-0.15, -0.1) is 0 Å². The van der Waals surface area contributed by atoms with Gasteiger partial charge in [0, 0.05) is 12.1 Å². The second kappa shape index (κ2) is 2.46. The summed E-state index contributed by atoms with van der Waals surface area (Å²) < 4.78 is 0. The summed E-state index contributed by atoms with van der Waals surface area (Å²) in [6, 6.07) is 0.589. The van der Waals surface area contributed by atoms with Crippen LogP contribution in [0.3, 0.4) is 0 Å². The Balaban J connectivity index is 2.19. The Labute approximate surface area is 50.2 Å². The summed E-state index contributed by atoms with van der Waals surface area (Å²) >= 11 is 0. The predicted molar refractivity (Wildman–Crippen MR) is 33.3 cm³/mol. The molecule has 0 aliphatic heterocycles. The van der Waals surface area contributed by atoms with Crippen LogP contribution in [-0.4, -0.2) is 12.1 Å². The lowest BCUT2D eigenvalue weighted by molar-refractivity contribution is 0.388. The monoisotopic (exact) mass is 113 g/mol. The molecule has 0 aromatic rings. The van der Waals surface area contributed by atoms with E-state index >= 15 is 0 Å². The van der Waals surface area contributed by atoms with Crippen LogP contribution in [-0.2, 0) is 0 Å². The molecule has 1 aliphatic carbocycles. The Bertz CT molecular complexity index is 54.9. The summed E-state index contributed by atoms with van der Waals surface area (Å²) in [7, 11) is 0. The molecule has 0 unspecified atom stereocenters. The van der Waals surface area contributed by atoms with E-state index in [9.17, 15) is 0 Å². The van der Waals surface area contributed by atoms with Crippen LogP contribution < -0.4 is 11.5 Å². The fraction of sp³-hybridized carbons (Fsp3) is 1.00. The maximum Gasteiger partial charge on any atom is 0.0214 e. The highest BCUT2D eigenvalue weighted by Gasteiger charge is 2.14. The Morgan fingerprint density at radius 3 is 2.00 bits per heavy atom. The van der Waals surface area contributed by atoms with Crippen LogP contribution in [0, 0.1) is 0 Å². The van der Waals surface area contributed by atoms with E-state index in [0.717, 1.165) is 25.7 Å². The van der Waals surface area contributed by atoms with E-state index in [1.165, 1.54) is 0 Å². The van der Waals surface area contributed by atoms with Crippen molar-refractivity contribution in [2.75, 3.05) is 0 Å². The Morgan fingerprint density at radius 1 is 1.12 bits per heavy atom. The number of rotatable bonds is 0. The van der Waals surface area contributed by atoms with Crippen molar-refractivity contribution >= 4 is 0 Å². The van der Waals surface area contributed by atoms with E-state index in [4.69, 9.17) is 11.5 Å².